The molecule has 26 heavy (non-hydrogen) atoms. The summed E-state index contributed by atoms with van der Waals surface area (Å²) in [6.07, 6.45) is 0. The normalized spacial score (nSPS) is 12.2. The number of nitrogens with one attached hydrogen (secondary N) is 1. The molecule has 0 radical (unpaired) electrons. The zero-order chi connectivity index (χ0) is 17.8. The van der Waals surface area contributed by atoms with E-state index in [1.807, 2.05) is 6.07 Å². The van der Waals surface area contributed by atoms with Crippen molar-refractivity contribution in [3.05, 3.63) is 99.2 Å². The molecule has 0 bridgehead atoms. The highest BCUT2D eigenvalue weighted by atomic mass is 32.1. The van der Waals surface area contributed by atoms with Crippen LogP contribution in [0.3, 0.4) is 0 Å². The Morgan fingerprint density at radius 3 is 2.46 bits per heavy atom. The Balaban J connectivity index is 1.52. The predicted octanol–water partition coefficient (Wildman–Crippen LogP) is 6.06. The molecule has 0 fully saturated rings. The first-order chi connectivity index (χ1) is 12.8. The number of thiophene rings is 1. The van der Waals surface area contributed by atoms with Crippen LogP contribution < -0.4 is 5.32 Å². The van der Waals surface area contributed by atoms with Crippen LogP contribution in [0.25, 0.3) is 10.6 Å². The highest BCUT2D eigenvalue weighted by Gasteiger charge is 2.15. The molecular formula is C22H20N2S2. The van der Waals surface area contributed by atoms with Gasteiger partial charge in [-0.05, 0) is 23.9 Å². The lowest BCUT2D eigenvalue weighted by Crippen LogP contribution is -2.21. The number of nitrogens with zero attached hydrogens (tertiary/aromatic N) is 1. The fourth-order valence-electron chi connectivity index (χ4n) is 2.91. The first kappa shape index (κ1) is 17.2. The monoisotopic (exact) mass is 376 g/mol. The molecule has 1 N–H and O–H groups in total. The molecule has 130 valence electrons. The predicted molar refractivity (Wildman–Crippen MR) is 112 cm³/mol. The van der Waals surface area contributed by atoms with Gasteiger partial charge in [0.1, 0.15) is 5.01 Å². The van der Waals surface area contributed by atoms with E-state index >= 15 is 0 Å². The number of thiazole rings is 1. The van der Waals surface area contributed by atoms with Crippen LogP contribution in [0.1, 0.15) is 27.7 Å². The van der Waals surface area contributed by atoms with E-state index in [9.17, 15) is 0 Å². The topological polar surface area (TPSA) is 24.9 Å². The van der Waals surface area contributed by atoms with Gasteiger partial charge >= 0.3 is 0 Å². The molecule has 0 amide bonds. The van der Waals surface area contributed by atoms with Gasteiger partial charge in [0.2, 0.25) is 0 Å². The Labute approximate surface area is 162 Å². The van der Waals surface area contributed by atoms with Gasteiger partial charge in [0, 0.05) is 22.4 Å². The van der Waals surface area contributed by atoms with Crippen LogP contribution in [0.2, 0.25) is 0 Å². The average molecular weight is 377 g/mol. The molecule has 4 rings (SSSR count). The van der Waals surface area contributed by atoms with Crippen LogP contribution in [0.5, 0.6) is 0 Å². The maximum Gasteiger partial charge on any atom is 0.123 e. The summed E-state index contributed by atoms with van der Waals surface area (Å²) in [5, 5.41) is 9.05. The summed E-state index contributed by atoms with van der Waals surface area (Å²) in [5.41, 5.74) is 4.84. The molecule has 0 saturated heterocycles. The number of aromatic nitrogens is 1. The molecule has 2 aromatic heterocycles. The molecule has 0 saturated carbocycles. The van der Waals surface area contributed by atoms with Gasteiger partial charge < -0.3 is 0 Å². The zero-order valence-electron chi connectivity index (χ0n) is 14.6. The lowest BCUT2D eigenvalue weighted by atomic mass is 10.0. The Morgan fingerprint density at radius 2 is 1.73 bits per heavy atom. The molecule has 2 heterocycles. The summed E-state index contributed by atoms with van der Waals surface area (Å²) in [6.45, 7) is 2.87. The number of hydrogen-bond acceptors (Lipinski definition) is 4. The van der Waals surface area contributed by atoms with Crippen LogP contribution in [-0.4, -0.2) is 4.98 Å². The molecule has 0 aliphatic carbocycles. The van der Waals surface area contributed by atoms with Gasteiger partial charge in [0.25, 0.3) is 0 Å². The van der Waals surface area contributed by atoms with Gasteiger partial charge in [-0.3, -0.25) is 5.32 Å². The first-order valence-electron chi connectivity index (χ1n) is 8.63. The quantitative estimate of drug-likeness (QED) is 0.442. The van der Waals surface area contributed by atoms with Crippen molar-refractivity contribution in [2.75, 3.05) is 0 Å². The Kier molecular flexibility index (Phi) is 5.25. The first-order valence-corrected chi connectivity index (χ1v) is 10.4. The lowest BCUT2D eigenvalue weighted by Gasteiger charge is -2.17. The largest absolute Gasteiger partial charge is 0.300 e. The van der Waals surface area contributed by atoms with Gasteiger partial charge in [-0.1, -0.05) is 66.2 Å². The lowest BCUT2D eigenvalue weighted by molar-refractivity contribution is 0.606. The highest BCUT2D eigenvalue weighted by Crippen LogP contribution is 2.28. The maximum absolute atomic E-state index is 4.80. The van der Waals surface area contributed by atoms with Gasteiger partial charge in [-0.2, -0.15) is 0 Å². The second-order valence-electron chi connectivity index (χ2n) is 6.25. The van der Waals surface area contributed by atoms with Gasteiger partial charge in [0.05, 0.1) is 11.7 Å². The van der Waals surface area contributed by atoms with E-state index in [1.54, 1.807) is 22.7 Å². The average Bonchev–Trinajstić information content (AvgIpc) is 3.36. The van der Waals surface area contributed by atoms with Crippen molar-refractivity contribution in [2.24, 2.45) is 0 Å². The molecule has 0 unspecified atom stereocenters. The van der Waals surface area contributed by atoms with Gasteiger partial charge in [-0.15, -0.1) is 22.7 Å². The molecule has 1 atom stereocenters. The van der Waals surface area contributed by atoms with Crippen molar-refractivity contribution in [1.82, 2.24) is 10.3 Å². The molecule has 0 aliphatic heterocycles. The summed E-state index contributed by atoms with van der Waals surface area (Å²) >= 11 is 3.49. The van der Waals surface area contributed by atoms with E-state index < -0.39 is 0 Å². The minimum absolute atomic E-state index is 0.192. The second-order valence-corrected chi connectivity index (χ2v) is 8.09. The highest BCUT2D eigenvalue weighted by molar-refractivity contribution is 7.13. The van der Waals surface area contributed by atoms with Crippen molar-refractivity contribution in [1.29, 1.82) is 0 Å². The fraction of sp³-hybridized carbons (Fsp3) is 0.136. The summed E-state index contributed by atoms with van der Waals surface area (Å²) in [4.78, 5) is 6.13. The van der Waals surface area contributed by atoms with Gasteiger partial charge in [0.15, 0.2) is 0 Å². The van der Waals surface area contributed by atoms with E-state index in [0.717, 1.165) is 17.2 Å². The minimum Gasteiger partial charge on any atom is -0.300 e. The molecular weight excluding hydrogens is 356 g/mol. The Morgan fingerprint density at radius 1 is 0.923 bits per heavy atom. The molecule has 4 aromatic rings. The minimum atomic E-state index is 0.192. The third-order valence-corrected chi connectivity index (χ3v) is 6.18. The summed E-state index contributed by atoms with van der Waals surface area (Å²) in [6, 6.07) is 23.6. The van der Waals surface area contributed by atoms with E-state index in [-0.39, 0.29) is 6.04 Å². The zero-order valence-corrected chi connectivity index (χ0v) is 16.2. The van der Waals surface area contributed by atoms with Crippen molar-refractivity contribution in [3.8, 4) is 10.6 Å². The van der Waals surface area contributed by atoms with Crippen LogP contribution >= 0.6 is 22.7 Å². The number of rotatable bonds is 6. The van der Waals surface area contributed by atoms with Crippen molar-refractivity contribution < 1.29 is 0 Å². The van der Waals surface area contributed by atoms with Crippen molar-refractivity contribution >= 4 is 22.7 Å². The standard InChI is InChI=1S/C22H20N2S2/c1-16-9-11-17(12-10-16)21(20-8-5-13-25-20)23-14-19-15-26-22(24-19)18-6-3-2-4-7-18/h2-13,15,21,23H,14H2,1H3/t21-/m0/s1. The van der Waals surface area contributed by atoms with E-state index in [2.05, 4.69) is 83.7 Å². The van der Waals surface area contributed by atoms with E-state index in [1.165, 1.54) is 21.6 Å². The van der Waals surface area contributed by atoms with Crippen LogP contribution in [0.4, 0.5) is 0 Å². The molecule has 2 aromatic carbocycles. The van der Waals surface area contributed by atoms with Crippen molar-refractivity contribution in [3.63, 3.8) is 0 Å². The van der Waals surface area contributed by atoms with Crippen LogP contribution in [0, 0.1) is 6.92 Å². The van der Waals surface area contributed by atoms with E-state index in [0.29, 0.717) is 0 Å². The van der Waals surface area contributed by atoms with Gasteiger partial charge in [-0.25, -0.2) is 4.98 Å². The smallest absolute Gasteiger partial charge is 0.123 e. The van der Waals surface area contributed by atoms with Crippen molar-refractivity contribution in [2.45, 2.75) is 19.5 Å². The maximum atomic E-state index is 4.80. The number of hydrogen-bond donors (Lipinski definition) is 1. The van der Waals surface area contributed by atoms with E-state index in [4.69, 9.17) is 4.98 Å². The summed E-state index contributed by atoms with van der Waals surface area (Å²) in [7, 11) is 0. The second kappa shape index (κ2) is 7.96. The number of benzene rings is 2. The summed E-state index contributed by atoms with van der Waals surface area (Å²) < 4.78 is 0. The third kappa shape index (κ3) is 3.93. The fourth-order valence-corrected chi connectivity index (χ4v) is 4.56. The SMILES string of the molecule is Cc1ccc([C@H](NCc2csc(-c3ccccc3)n2)c2cccs2)cc1. The molecule has 0 aliphatic rings. The molecule has 0 spiro atoms. The third-order valence-electron chi connectivity index (χ3n) is 4.30. The molecule has 2 nitrogen and oxygen atoms in total. The number of aryl methyl sites for hydroxylation is 1. The summed E-state index contributed by atoms with van der Waals surface area (Å²) in [5.74, 6) is 0. The Hall–Kier alpha value is -2.27. The van der Waals surface area contributed by atoms with Crippen LogP contribution in [0.15, 0.2) is 77.5 Å². The molecule has 4 heteroatoms. The van der Waals surface area contributed by atoms with Crippen LogP contribution in [-0.2, 0) is 6.54 Å². The Bertz CT molecular complexity index is 942.